The molecule has 20 heavy (non-hydrogen) atoms. The molecule has 1 aromatic heterocycles. The number of nitrogens with zero attached hydrogens (tertiary/aromatic N) is 1. The van der Waals surface area contributed by atoms with Gasteiger partial charge in [-0.25, -0.2) is 0 Å². The third kappa shape index (κ3) is 3.68. The summed E-state index contributed by atoms with van der Waals surface area (Å²) >= 11 is 6.11. The van der Waals surface area contributed by atoms with E-state index in [9.17, 15) is 4.79 Å². The number of nitrogens with one attached hydrogen (secondary N) is 1. The van der Waals surface area contributed by atoms with Crippen LogP contribution in [-0.4, -0.2) is 23.1 Å². The molecule has 0 aliphatic carbocycles. The van der Waals surface area contributed by atoms with Gasteiger partial charge < -0.3 is 10.1 Å². The van der Waals surface area contributed by atoms with Crippen molar-refractivity contribution in [1.29, 1.82) is 0 Å². The molecule has 106 valence electrons. The molecule has 2 rings (SSSR count). The second-order valence-corrected chi connectivity index (χ2v) is 5.85. The average molecular weight is 293 g/mol. The number of carbonyl (C=O) groups excluding carboxylic acids is 1. The zero-order chi connectivity index (χ0) is 14.8. The van der Waals surface area contributed by atoms with Crippen LogP contribution in [0.15, 0.2) is 30.5 Å². The van der Waals surface area contributed by atoms with Gasteiger partial charge in [-0.2, -0.15) is 0 Å². The molecule has 1 heterocycles. The second kappa shape index (κ2) is 5.77. The van der Waals surface area contributed by atoms with Crippen molar-refractivity contribution in [2.45, 2.75) is 26.4 Å². The third-order valence-corrected chi connectivity index (χ3v) is 2.96. The quantitative estimate of drug-likeness (QED) is 0.939. The number of fused-ring (bicyclic) bond motifs is 1. The average Bonchev–Trinajstić information content (AvgIpc) is 2.39. The van der Waals surface area contributed by atoms with Gasteiger partial charge in [-0.15, -0.1) is 0 Å². The Morgan fingerprint density at radius 1 is 1.35 bits per heavy atom. The van der Waals surface area contributed by atoms with E-state index in [0.29, 0.717) is 16.2 Å². The highest BCUT2D eigenvalue weighted by molar-refractivity contribution is 6.35. The summed E-state index contributed by atoms with van der Waals surface area (Å²) in [6, 6.07) is 7.16. The van der Waals surface area contributed by atoms with Crippen LogP contribution in [0.5, 0.6) is 0 Å². The number of anilines is 1. The van der Waals surface area contributed by atoms with Gasteiger partial charge in [-0.3, -0.25) is 9.78 Å². The van der Waals surface area contributed by atoms with Crippen molar-refractivity contribution in [3.63, 3.8) is 0 Å². The van der Waals surface area contributed by atoms with Gasteiger partial charge >= 0.3 is 0 Å². The van der Waals surface area contributed by atoms with Gasteiger partial charge in [0.25, 0.3) is 0 Å². The molecule has 0 atom stereocenters. The van der Waals surface area contributed by atoms with E-state index in [-0.39, 0.29) is 18.1 Å². The van der Waals surface area contributed by atoms with Gasteiger partial charge in [0.05, 0.1) is 21.8 Å². The number of amides is 1. The van der Waals surface area contributed by atoms with Gasteiger partial charge in [0, 0.05) is 11.6 Å². The molecule has 1 N–H and O–H groups in total. The van der Waals surface area contributed by atoms with Crippen molar-refractivity contribution in [2.75, 3.05) is 11.9 Å². The van der Waals surface area contributed by atoms with E-state index in [1.807, 2.05) is 32.9 Å². The number of halogens is 1. The smallest absolute Gasteiger partial charge is 0.250 e. The number of rotatable bonds is 3. The van der Waals surface area contributed by atoms with E-state index < -0.39 is 0 Å². The summed E-state index contributed by atoms with van der Waals surface area (Å²) in [5, 5.41) is 4.22. The highest BCUT2D eigenvalue weighted by atomic mass is 35.5. The number of carbonyl (C=O) groups is 1. The Morgan fingerprint density at radius 3 is 2.80 bits per heavy atom. The van der Waals surface area contributed by atoms with Crippen LogP contribution >= 0.6 is 11.6 Å². The first-order valence-corrected chi connectivity index (χ1v) is 6.72. The predicted molar refractivity (Wildman–Crippen MR) is 81.1 cm³/mol. The highest BCUT2D eigenvalue weighted by Crippen LogP contribution is 2.27. The summed E-state index contributed by atoms with van der Waals surface area (Å²) < 4.78 is 5.44. The maximum absolute atomic E-state index is 11.9. The Morgan fingerprint density at radius 2 is 2.10 bits per heavy atom. The van der Waals surface area contributed by atoms with Gasteiger partial charge in [0.1, 0.15) is 6.61 Å². The van der Waals surface area contributed by atoms with Crippen molar-refractivity contribution in [1.82, 2.24) is 4.98 Å². The minimum absolute atomic E-state index is 0.000450. The van der Waals surface area contributed by atoms with Crippen molar-refractivity contribution in [2.24, 2.45) is 0 Å². The fraction of sp³-hybridized carbons (Fsp3) is 0.333. The first-order chi connectivity index (χ1) is 9.37. The largest absolute Gasteiger partial charge is 0.366 e. The number of aromatic nitrogens is 1. The van der Waals surface area contributed by atoms with Crippen LogP contribution in [0.1, 0.15) is 20.8 Å². The summed E-state index contributed by atoms with van der Waals surface area (Å²) in [4.78, 5) is 16.2. The number of hydrogen-bond donors (Lipinski definition) is 1. The Hall–Kier alpha value is -1.65. The van der Waals surface area contributed by atoms with E-state index in [1.54, 1.807) is 18.3 Å². The predicted octanol–water partition coefficient (Wildman–Crippen LogP) is 3.64. The molecule has 0 unspecified atom stereocenters. The summed E-state index contributed by atoms with van der Waals surface area (Å²) in [5.74, 6) is -0.214. The molecule has 2 aromatic rings. The minimum atomic E-state index is -0.350. The molecule has 5 heteroatoms. The van der Waals surface area contributed by atoms with Gasteiger partial charge in [0.2, 0.25) is 5.91 Å². The molecular formula is C15H17ClN2O2. The summed E-state index contributed by atoms with van der Waals surface area (Å²) in [7, 11) is 0. The van der Waals surface area contributed by atoms with Crippen molar-refractivity contribution < 1.29 is 9.53 Å². The second-order valence-electron chi connectivity index (χ2n) is 5.44. The lowest BCUT2D eigenvalue weighted by molar-refractivity contribution is -0.125. The molecule has 0 bridgehead atoms. The normalized spacial score (nSPS) is 11.6. The molecule has 0 fully saturated rings. The molecule has 0 spiro atoms. The highest BCUT2D eigenvalue weighted by Gasteiger charge is 2.14. The lowest BCUT2D eigenvalue weighted by atomic mass is 10.2. The van der Waals surface area contributed by atoms with Gasteiger partial charge in [0.15, 0.2) is 0 Å². The fourth-order valence-corrected chi connectivity index (χ4v) is 1.92. The molecule has 0 saturated heterocycles. The molecule has 0 aliphatic rings. The van der Waals surface area contributed by atoms with Gasteiger partial charge in [-0.1, -0.05) is 11.6 Å². The third-order valence-electron chi connectivity index (χ3n) is 2.63. The van der Waals surface area contributed by atoms with Crippen molar-refractivity contribution in [3.8, 4) is 0 Å². The summed E-state index contributed by atoms with van der Waals surface area (Å²) in [6.07, 6.45) is 1.67. The maximum Gasteiger partial charge on any atom is 0.250 e. The first kappa shape index (κ1) is 14.8. The van der Waals surface area contributed by atoms with Crippen LogP contribution in [0.4, 0.5) is 5.69 Å². The Labute approximate surface area is 123 Å². The van der Waals surface area contributed by atoms with Crippen LogP contribution in [-0.2, 0) is 9.53 Å². The zero-order valence-corrected chi connectivity index (χ0v) is 12.5. The zero-order valence-electron chi connectivity index (χ0n) is 11.7. The molecule has 0 radical (unpaired) electrons. The number of benzene rings is 1. The molecular weight excluding hydrogens is 276 g/mol. The molecule has 4 nitrogen and oxygen atoms in total. The standard InChI is InChI=1S/C15H17ClN2O2/c1-15(2,3)20-9-13(19)18-12-7-6-11(16)10-5-4-8-17-14(10)12/h4-8H,9H2,1-3H3,(H,18,19). The van der Waals surface area contributed by atoms with Crippen molar-refractivity contribution >= 4 is 34.1 Å². The molecule has 1 amide bonds. The number of pyridine rings is 1. The van der Waals surface area contributed by atoms with Crippen LogP contribution in [0.25, 0.3) is 10.9 Å². The monoisotopic (exact) mass is 292 g/mol. The number of hydrogen-bond acceptors (Lipinski definition) is 3. The van der Waals surface area contributed by atoms with Crippen LogP contribution in [0, 0.1) is 0 Å². The molecule has 1 aromatic carbocycles. The van der Waals surface area contributed by atoms with Crippen molar-refractivity contribution in [3.05, 3.63) is 35.5 Å². The van der Waals surface area contributed by atoms with E-state index >= 15 is 0 Å². The topological polar surface area (TPSA) is 51.2 Å². The SMILES string of the molecule is CC(C)(C)OCC(=O)Nc1ccc(Cl)c2cccnc12. The Bertz CT molecular complexity index is 635. The van der Waals surface area contributed by atoms with Crippen LogP contribution in [0.2, 0.25) is 5.02 Å². The minimum Gasteiger partial charge on any atom is -0.366 e. The van der Waals surface area contributed by atoms with E-state index in [0.717, 1.165) is 5.39 Å². The Balaban J connectivity index is 2.18. The summed E-state index contributed by atoms with van der Waals surface area (Å²) in [6.45, 7) is 5.71. The summed E-state index contributed by atoms with van der Waals surface area (Å²) in [5.41, 5.74) is 0.953. The van der Waals surface area contributed by atoms with E-state index in [4.69, 9.17) is 16.3 Å². The van der Waals surface area contributed by atoms with E-state index in [2.05, 4.69) is 10.3 Å². The Kier molecular flexibility index (Phi) is 4.26. The lowest BCUT2D eigenvalue weighted by Gasteiger charge is -2.19. The first-order valence-electron chi connectivity index (χ1n) is 6.34. The van der Waals surface area contributed by atoms with Crippen LogP contribution in [0.3, 0.4) is 0 Å². The fourth-order valence-electron chi connectivity index (χ4n) is 1.71. The molecule has 0 aliphatic heterocycles. The lowest BCUT2D eigenvalue weighted by Crippen LogP contribution is -2.27. The maximum atomic E-state index is 11.9. The number of ether oxygens (including phenoxy) is 1. The van der Waals surface area contributed by atoms with Crippen LogP contribution < -0.4 is 5.32 Å². The van der Waals surface area contributed by atoms with Gasteiger partial charge in [-0.05, 0) is 45.0 Å². The molecule has 0 saturated carbocycles. The van der Waals surface area contributed by atoms with E-state index in [1.165, 1.54) is 0 Å².